The van der Waals surface area contributed by atoms with Crippen LogP contribution in [0.15, 0.2) is 18.6 Å². The summed E-state index contributed by atoms with van der Waals surface area (Å²) in [4.78, 5) is 8.66. The molecule has 0 atom stereocenters. The van der Waals surface area contributed by atoms with Crippen LogP contribution >= 0.6 is 0 Å². The molecule has 2 rings (SSSR count). The molecule has 0 aliphatic heterocycles. The molecule has 0 spiro atoms. The monoisotopic (exact) mass is 274 g/mol. The molecule has 6 heteroatoms. The van der Waals surface area contributed by atoms with E-state index < -0.39 is 0 Å². The highest BCUT2D eigenvalue weighted by Gasteiger charge is 2.06. The van der Waals surface area contributed by atoms with Crippen molar-refractivity contribution in [3.8, 4) is 0 Å². The minimum atomic E-state index is 0.711. The van der Waals surface area contributed by atoms with E-state index in [9.17, 15) is 0 Å². The first-order chi connectivity index (χ1) is 9.72. The average Bonchev–Trinajstić information content (AvgIpc) is 2.83. The lowest BCUT2D eigenvalue weighted by molar-refractivity contribution is 0.746. The maximum Gasteiger partial charge on any atom is 0.147 e. The molecule has 2 aromatic rings. The van der Waals surface area contributed by atoms with Crippen molar-refractivity contribution < 1.29 is 0 Å². The summed E-state index contributed by atoms with van der Waals surface area (Å²) in [5, 5.41) is 11.0. The molecule has 0 aromatic carbocycles. The van der Waals surface area contributed by atoms with Gasteiger partial charge < -0.3 is 10.6 Å². The Morgan fingerprint density at radius 3 is 2.60 bits per heavy atom. The maximum atomic E-state index is 4.48. The molecule has 2 heterocycles. The fraction of sp³-hybridized carbons (Fsp3) is 0.500. The van der Waals surface area contributed by atoms with Crippen molar-refractivity contribution in [3.05, 3.63) is 29.8 Å². The summed E-state index contributed by atoms with van der Waals surface area (Å²) in [6, 6.07) is 0. The molecule has 0 radical (unpaired) electrons. The van der Waals surface area contributed by atoms with Gasteiger partial charge in [-0.15, -0.1) is 0 Å². The van der Waals surface area contributed by atoms with Crippen LogP contribution in [0.5, 0.6) is 0 Å². The number of aromatic nitrogens is 4. The van der Waals surface area contributed by atoms with E-state index in [1.54, 1.807) is 12.4 Å². The normalized spacial score (nSPS) is 10.6. The lowest BCUT2D eigenvalue weighted by atomic mass is 10.2. The minimum Gasteiger partial charge on any atom is -0.369 e. The van der Waals surface area contributed by atoms with Crippen LogP contribution in [0.25, 0.3) is 0 Å². The fourth-order valence-electron chi connectivity index (χ4n) is 2.00. The van der Waals surface area contributed by atoms with Crippen LogP contribution in [0, 0.1) is 0 Å². The highest BCUT2D eigenvalue weighted by atomic mass is 15.3. The molecular formula is C14H22N6. The zero-order chi connectivity index (χ0) is 14.4. The zero-order valence-electron chi connectivity index (χ0n) is 12.3. The van der Waals surface area contributed by atoms with Gasteiger partial charge in [0.2, 0.25) is 0 Å². The molecule has 0 fully saturated rings. The smallest absolute Gasteiger partial charge is 0.147 e. The summed E-state index contributed by atoms with van der Waals surface area (Å²) in [7, 11) is 1.94. The predicted octanol–water partition coefficient (Wildman–Crippen LogP) is 2.21. The number of hydrogen-bond donors (Lipinski definition) is 2. The molecule has 6 nitrogen and oxygen atoms in total. The molecule has 0 unspecified atom stereocenters. The van der Waals surface area contributed by atoms with Gasteiger partial charge in [0, 0.05) is 31.9 Å². The van der Waals surface area contributed by atoms with Crippen molar-refractivity contribution in [1.82, 2.24) is 19.7 Å². The molecule has 2 N–H and O–H groups in total. The van der Waals surface area contributed by atoms with Crippen molar-refractivity contribution in [3.63, 3.8) is 0 Å². The first kappa shape index (κ1) is 14.3. The van der Waals surface area contributed by atoms with Crippen molar-refractivity contribution in [1.29, 1.82) is 0 Å². The van der Waals surface area contributed by atoms with Gasteiger partial charge in [-0.05, 0) is 12.8 Å². The van der Waals surface area contributed by atoms with Crippen LogP contribution in [0.1, 0.15) is 31.5 Å². The Balaban J connectivity index is 1.99. The van der Waals surface area contributed by atoms with E-state index in [1.165, 1.54) is 5.56 Å². The van der Waals surface area contributed by atoms with Crippen molar-refractivity contribution >= 4 is 11.6 Å². The van der Waals surface area contributed by atoms with Gasteiger partial charge in [0.1, 0.15) is 11.6 Å². The van der Waals surface area contributed by atoms with E-state index >= 15 is 0 Å². The fourth-order valence-corrected chi connectivity index (χ4v) is 2.00. The zero-order valence-corrected chi connectivity index (χ0v) is 12.3. The quantitative estimate of drug-likeness (QED) is 0.810. The Bertz CT molecular complexity index is 548. The molecule has 108 valence electrons. The van der Waals surface area contributed by atoms with E-state index in [2.05, 4.69) is 39.5 Å². The third-order valence-corrected chi connectivity index (χ3v) is 2.98. The van der Waals surface area contributed by atoms with Gasteiger partial charge in [0.15, 0.2) is 0 Å². The van der Waals surface area contributed by atoms with E-state index in [-0.39, 0.29) is 0 Å². The highest BCUT2D eigenvalue weighted by molar-refractivity contribution is 5.42. The second kappa shape index (κ2) is 6.88. The van der Waals surface area contributed by atoms with Crippen molar-refractivity contribution in [2.75, 3.05) is 17.2 Å². The number of hydrogen-bond acceptors (Lipinski definition) is 5. The van der Waals surface area contributed by atoms with Gasteiger partial charge in [-0.25, -0.2) is 4.98 Å². The Morgan fingerprint density at radius 1 is 1.15 bits per heavy atom. The Hall–Kier alpha value is -2.11. The first-order valence-corrected chi connectivity index (χ1v) is 7.04. The van der Waals surface area contributed by atoms with Gasteiger partial charge in [0.25, 0.3) is 0 Å². The van der Waals surface area contributed by atoms with E-state index in [1.807, 2.05) is 17.9 Å². The standard InChI is InChI=1S/C14H22N6/c1-4-6-16-13-8-15-9-14(18-13)17-7-11-10-20(3)19-12(11)5-2/h8-10H,4-7H2,1-3H3,(H2,16,17,18). The van der Waals surface area contributed by atoms with Crippen LogP contribution in [0.3, 0.4) is 0 Å². The molecule has 0 saturated carbocycles. The third-order valence-electron chi connectivity index (χ3n) is 2.98. The summed E-state index contributed by atoms with van der Waals surface area (Å²) in [5.74, 6) is 1.58. The average molecular weight is 274 g/mol. The van der Waals surface area contributed by atoms with Gasteiger partial charge >= 0.3 is 0 Å². The van der Waals surface area contributed by atoms with Gasteiger partial charge in [-0.1, -0.05) is 13.8 Å². The predicted molar refractivity (Wildman–Crippen MR) is 80.7 cm³/mol. The molecule has 0 saturated heterocycles. The van der Waals surface area contributed by atoms with Crippen LogP contribution in [0.4, 0.5) is 11.6 Å². The molecule has 2 aromatic heterocycles. The summed E-state index contributed by atoms with van der Waals surface area (Å²) in [5.41, 5.74) is 2.32. The number of nitrogens with one attached hydrogen (secondary N) is 2. The number of rotatable bonds is 7. The van der Waals surface area contributed by atoms with Crippen LogP contribution in [-0.4, -0.2) is 26.3 Å². The topological polar surface area (TPSA) is 67.7 Å². The molecule has 0 bridgehead atoms. The SMILES string of the molecule is CCCNc1cncc(NCc2cn(C)nc2CC)n1. The number of anilines is 2. The maximum absolute atomic E-state index is 4.48. The van der Waals surface area contributed by atoms with Crippen LogP contribution < -0.4 is 10.6 Å². The molecular weight excluding hydrogens is 252 g/mol. The second-order valence-electron chi connectivity index (χ2n) is 4.70. The van der Waals surface area contributed by atoms with Gasteiger partial charge in [0.05, 0.1) is 18.1 Å². The van der Waals surface area contributed by atoms with Crippen LogP contribution in [0.2, 0.25) is 0 Å². The highest BCUT2D eigenvalue weighted by Crippen LogP contribution is 2.11. The summed E-state index contributed by atoms with van der Waals surface area (Å²) in [6.45, 7) is 5.85. The van der Waals surface area contributed by atoms with Gasteiger partial charge in [-0.2, -0.15) is 5.10 Å². The van der Waals surface area contributed by atoms with Gasteiger partial charge in [-0.3, -0.25) is 9.67 Å². The van der Waals surface area contributed by atoms with Crippen molar-refractivity contribution in [2.45, 2.75) is 33.2 Å². The Morgan fingerprint density at radius 2 is 1.90 bits per heavy atom. The molecule has 20 heavy (non-hydrogen) atoms. The summed E-state index contributed by atoms with van der Waals surface area (Å²) < 4.78 is 1.85. The van der Waals surface area contributed by atoms with E-state index in [0.29, 0.717) is 6.54 Å². The lowest BCUT2D eigenvalue weighted by Gasteiger charge is -2.07. The molecule has 0 aliphatic rings. The Labute approximate surface area is 119 Å². The molecule has 0 amide bonds. The first-order valence-electron chi connectivity index (χ1n) is 7.04. The lowest BCUT2D eigenvalue weighted by Crippen LogP contribution is -2.07. The Kier molecular flexibility index (Phi) is 4.92. The molecule has 0 aliphatic carbocycles. The number of nitrogens with zero attached hydrogens (tertiary/aromatic N) is 4. The third kappa shape index (κ3) is 3.69. The van der Waals surface area contributed by atoms with Crippen molar-refractivity contribution in [2.24, 2.45) is 7.05 Å². The number of aryl methyl sites for hydroxylation is 2. The van der Waals surface area contributed by atoms with Crippen LogP contribution in [-0.2, 0) is 20.0 Å². The van der Waals surface area contributed by atoms with E-state index in [0.717, 1.165) is 36.7 Å². The largest absolute Gasteiger partial charge is 0.369 e. The summed E-state index contributed by atoms with van der Waals surface area (Å²) in [6.07, 6.45) is 7.51. The minimum absolute atomic E-state index is 0.711. The summed E-state index contributed by atoms with van der Waals surface area (Å²) >= 11 is 0. The second-order valence-corrected chi connectivity index (χ2v) is 4.70. The van der Waals surface area contributed by atoms with E-state index in [4.69, 9.17) is 0 Å².